The zero-order valence-electron chi connectivity index (χ0n) is 19.0. The van der Waals surface area contributed by atoms with Crippen molar-refractivity contribution in [3.63, 3.8) is 0 Å². The van der Waals surface area contributed by atoms with Gasteiger partial charge in [0.25, 0.3) is 0 Å². The Morgan fingerprint density at radius 2 is 1.11 bits per heavy atom. The maximum atomic E-state index is 12.9. The molecule has 1 heterocycles. The number of nitrogens with two attached hydrogens (primary N) is 1. The zero-order valence-corrected chi connectivity index (χ0v) is 19.8. The number of rotatable bonds is 8. The van der Waals surface area contributed by atoms with Crippen molar-refractivity contribution in [3.8, 4) is 0 Å². The molecule has 3 aromatic carbocycles. The smallest absolute Gasteiger partial charge is 0.338 e. The molecule has 1 aliphatic rings. The van der Waals surface area contributed by atoms with Crippen LogP contribution >= 0.6 is 12.2 Å². The largest absolute Gasteiger partial charge is 0.459 e. The first-order valence-corrected chi connectivity index (χ1v) is 11.5. The Bertz CT molecular complexity index is 1220. The van der Waals surface area contributed by atoms with E-state index < -0.39 is 42.3 Å². The Labute approximate surface area is 212 Å². The van der Waals surface area contributed by atoms with Crippen molar-refractivity contribution < 1.29 is 33.3 Å². The van der Waals surface area contributed by atoms with Gasteiger partial charge in [0.2, 0.25) is 0 Å². The molecule has 1 fully saturated rings. The molecule has 184 valence electrons. The molecular formula is C27H23NO7S. The van der Waals surface area contributed by atoms with E-state index in [0.717, 1.165) is 0 Å². The van der Waals surface area contributed by atoms with Gasteiger partial charge >= 0.3 is 17.9 Å². The van der Waals surface area contributed by atoms with E-state index in [1.54, 1.807) is 91.0 Å². The van der Waals surface area contributed by atoms with E-state index in [1.165, 1.54) is 0 Å². The summed E-state index contributed by atoms with van der Waals surface area (Å²) in [5, 5.41) is 0. The third kappa shape index (κ3) is 5.94. The average molecular weight is 506 g/mol. The maximum Gasteiger partial charge on any atom is 0.338 e. The molecule has 0 saturated carbocycles. The molecule has 4 rings (SSSR count). The molecule has 36 heavy (non-hydrogen) atoms. The van der Waals surface area contributed by atoms with Crippen molar-refractivity contribution in [2.75, 3.05) is 6.61 Å². The normalized spacial score (nSPS) is 20.8. The van der Waals surface area contributed by atoms with Gasteiger partial charge in [-0.05, 0) is 36.4 Å². The number of hydrogen-bond acceptors (Lipinski definition) is 8. The van der Waals surface area contributed by atoms with Gasteiger partial charge in [0.15, 0.2) is 12.2 Å². The van der Waals surface area contributed by atoms with Gasteiger partial charge in [-0.1, -0.05) is 66.8 Å². The number of carbonyl (C=O) groups is 3. The van der Waals surface area contributed by atoms with Crippen LogP contribution in [-0.2, 0) is 18.9 Å². The Morgan fingerprint density at radius 1 is 0.694 bits per heavy atom. The summed E-state index contributed by atoms with van der Waals surface area (Å²) < 4.78 is 22.7. The van der Waals surface area contributed by atoms with Crippen LogP contribution in [0.25, 0.3) is 0 Å². The first-order valence-electron chi connectivity index (χ1n) is 11.1. The number of carbonyl (C=O) groups excluding carboxylic acids is 3. The third-order valence-electron chi connectivity index (χ3n) is 5.48. The van der Waals surface area contributed by atoms with E-state index in [4.69, 9.17) is 36.9 Å². The molecule has 0 amide bonds. The third-order valence-corrected chi connectivity index (χ3v) is 5.72. The van der Waals surface area contributed by atoms with E-state index in [0.29, 0.717) is 5.56 Å². The molecule has 1 aliphatic heterocycles. The Kier molecular flexibility index (Phi) is 8.04. The average Bonchev–Trinajstić information content (AvgIpc) is 3.25. The van der Waals surface area contributed by atoms with E-state index >= 15 is 0 Å². The lowest BCUT2D eigenvalue weighted by Crippen LogP contribution is -2.44. The fraction of sp³-hybridized carbons (Fsp3) is 0.185. The second-order valence-electron chi connectivity index (χ2n) is 7.93. The predicted octanol–water partition coefficient (Wildman–Crippen LogP) is 3.35. The summed E-state index contributed by atoms with van der Waals surface area (Å²) in [5.41, 5.74) is 6.79. The topological polar surface area (TPSA) is 114 Å². The Hall–Kier alpha value is -4.08. The highest BCUT2D eigenvalue weighted by Crippen LogP contribution is 2.29. The van der Waals surface area contributed by atoms with Gasteiger partial charge in [-0.2, -0.15) is 0 Å². The van der Waals surface area contributed by atoms with Gasteiger partial charge in [0, 0.05) is 0 Å². The Morgan fingerprint density at radius 3 is 1.56 bits per heavy atom. The highest BCUT2D eigenvalue weighted by molar-refractivity contribution is 7.80. The van der Waals surface area contributed by atoms with E-state index in [-0.39, 0.29) is 22.7 Å². The van der Waals surface area contributed by atoms with Gasteiger partial charge in [-0.15, -0.1) is 0 Å². The van der Waals surface area contributed by atoms with Crippen LogP contribution < -0.4 is 5.73 Å². The lowest BCUT2D eigenvalue weighted by atomic mass is 10.1. The highest BCUT2D eigenvalue weighted by Gasteiger charge is 2.51. The summed E-state index contributed by atoms with van der Waals surface area (Å²) in [5.74, 6) is -1.94. The fourth-order valence-corrected chi connectivity index (χ4v) is 3.90. The first-order chi connectivity index (χ1) is 17.4. The van der Waals surface area contributed by atoms with Crippen LogP contribution in [0.5, 0.6) is 0 Å². The standard InChI is InChI=1S/C27H23NO7S/c28-24(36)23-22(35-27(31)19-14-8-3-9-15-19)21(34-26(30)18-12-6-2-7-13-18)20(33-23)16-32-25(29)17-10-4-1-5-11-17/h1-15,20-23H,16H2,(H2,28,36)/t20-,21-,22+,23-/m1/s1. The molecule has 9 heteroatoms. The molecule has 8 nitrogen and oxygen atoms in total. The van der Waals surface area contributed by atoms with E-state index in [9.17, 15) is 14.4 Å². The minimum atomic E-state index is -1.16. The molecule has 3 aromatic rings. The summed E-state index contributed by atoms with van der Waals surface area (Å²) in [4.78, 5) is 38.1. The first kappa shape index (κ1) is 25.0. The monoisotopic (exact) mass is 505 g/mol. The van der Waals surface area contributed by atoms with Crippen molar-refractivity contribution in [2.24, 2.45) is 5.73 Å². The second-order valence-corrected chi connectivity index (χ2v) is 8.41. The second kappa shape index (κ2) is 11.6. The highest BCUT2D eigenvalue weighted by atomic mass is 32.1. The molecule has 2 N–H and O–H groups in total. The van der Waals surface area contributed by atoms with Crippen LogP contribution in [0.1, 0.15) is 31.1 Å². The van der Waals surface area contributed by atoms with Crippen molar-refractivity contribution in [1.82, 2.24) is 0 Å². The Balaban J connectivity index is 1.58. The van der Waals surface area contributed by atoms with E-state index in [2.05, 4.69) is 0 Å². The number of benzene rings is 3. The van der Waals surface area contributed by atoms with E-state index in [1.807, 2.05) is 0 Å². The molecule has 0 bridgehead atoms. The van der Waals surface area contributed by atoms with Gasteiger partial charge in [0.05, 0.1) is 16.7 Å². The molecule has 0 aromatic heterocycles. The zero-order chi connectivity index (χ0) is 25.5. The van der Waals surface area contributed by atoms with Gasteiger partial charge < -0.3 is 24.7 Å². The van der Waals surface area contributed by atoms with Crippen molar-refractivity contribution in [1.29, 1.82) is 0 Å². The minimum absolute atomic E-state index is 0.0986. The molecular weight excluding hydrogens is 482 g/mol. The lowest BCUT2D eigenvalue weighted by molar-refractivity contribution is -0.0436. The fourth-order valence-electron chi connectivity index (χ4n) is 3.71. The molecule has 0 aliphatic carbocycles. The quantitative estimate of drug-likeness (QED) is 0.280. The summed E-state index contributed by atoms with van der Waals surface area (Å²) in [7, 11) is 0. The van der Waals surface area contributed by atoms with Gasteiger partial charge in [0.1, 0.15) is 23.8 Å². The summed E-state index contributed by atoms with van der Waals surface area (Å²) >= 11 is 5.14. The predicted molar refractivity (Wildman–Crippen MR) is 133 cm³/mol. The van der Waals surface area contributed by atoms with Gasteiger partial charge in [-0.25, -0.2) is 14.4 Å². The van der Waals surface area contributed by atoms with Crippen molar-refractivity contribution in [3.05, 3.63) is 108 Å². The molecule has 0 radical (unpaired) electrons. The maximum absolute atomic E-state index is 12.9. The molecule has 4 atom stereocenters. The van der Waals surface area contributed by atoms with Crippen LogP contribution in [0.3, 0.4) is 0 Å². The van der Waals surface area contributed by atoms with Crippen LogP contribution in [-0.4, -0.2) is 53.9 Å². The van der Waals surface area contributed by atoms with Gasteiger partial charge in [-0.3, -0.25) is 0 Å². The molecule has 0 spiro atoms. The van der Waals surface area contributed by atoms with Crippen molar-refractivity contribution >= 4 is 35.1 Å². The molecule has 0 unspecified atom stereocenters. The lowest BCUT2D eigenvalue weighted by Gasteiger charge is -2.24. The van der Waals surface area contributed by atoms with Crippen LogP contribution in [0.2, 0.25) is 0 Å². The van der Waals surface area contributed by atoms with Crippen molar-refractivity contribution in [2.45, 2.75) is 24.4 Å². The summed E-state index contributed by atoms with van der Waals surface area (Å²) in [6.07, 6.45) is -4.38. The number of thiocarbonyl (C=S) groups is 1. The van der Waals surface area contributed by atoms with Crippen LogP contribution in [0.4, 0.5) is 0 Å². The minimum Gasteiger partial charge on any atom is -0.459 e. The van der Waals surface area contributed by atoms with Crippen LogP contribution in [0.15, 0.2) is 91.0 Å². The number of hydrogen-bond donors (Lipinski definition) is 1. The summed E-state index contributed by atoms with van der Waals surface area (Å²) in [6, 6.07) is 25.0. The summed E-state index contributed by atoms with van der Waals surface area (Å²) in [6.45, 7) is -0.293. The number of ether oxygens (including phenoxy) is 4. The SMILES string of the molecule is NC(=S)[C@@H]1O[C@H](COC(=O)c2ccccc2)[C@@H](OC(=O)c2ccccc2)[C@@H]1OC(=O)c1ccccc1. The molecule has 1 saturated heterocycles. The number of esters is 3. The van der Waals surface area contributed by atoms with Crippen LogP contribution in [0, 0.1) is 0 Å².